The molecule has 126 valence electrons. The summed E-state index contributed by atoms with van der Waals surface area (Å²) in [4.78, 5) is 2.31. The number of hydrogen-bond donors (Lipinski definition) is 0. The molecule has 0 saturated carbocycles. The zero-order valence-corrected chi connectivity index (χ0v) is 14.6. The summed E-state index contributed by atoms with van der Waals surface area (Å²) in [5.41, 5.74) is 2.05. The van der Waals surface area contributed by atoms with E-state index in [9.17, 15) is 5.26 Å². The van der Waals surface area contributed by atoms with Crippen molar-refractivity contribution in [1.82, 2.24) is 14.7 Å². The molecule has 2 aliphatic rings. The molecule has 3 rings (SSSR count). The van der Waals surface area contributed by atoms with E-state index in [-0.39, 0.29) is 11.6 Å². The zero-order chi connectivity index (χ0) is 16.4. The van der Waals surface area contributed by atoms with Gasteiger partial charge in [0.1, 0.15) is 6.04 Å². The third kappa shape index (κ3) is 3.15. The molecule has 1 aromatic rings. The quantitative estimate of drug-likeness (QED) is 0.859. The predicted octanol–water partition coefficient (Wildman–Crippen LogP) is 3.20. The first-order chi connectivity index (χ1) is 11.1. The van der Waals surface area contributed by atoms with Crippen molar-refractivity contribution in [3.63, 3.8) is 0 Å². The SMILES string of the molecule is Cc1nn(C(C)C)cc1CN1CCC[C@@]2(CCCCO2)[C@H]1C#N. The lowest BCUT2D eigenvalue weighted by Gasteiger charge is -2.48. The molecule has 5 heteroatoms. The Balaban J connectivity index is 1.80. The number of piperidine rings is 1. The van der Waals surface area contributed by atoms with Crippen LogP contribution in [-0.4, -0.2) is 39.5 Å². The average molecular weight is 316 g/mol. The van der Waals surface area contributed by atoms with Crippen molar-refractivity contribution in [2.24, 2.45) is 0 Å². The first kappa shape index (κ1) is 16.5. The van der Waals surface area contributed by atoms with Gasteiger partial charge in [-0.05, 0) is 59.4 Å². The lowest BCUT2D eigenvalue weighted by Crippen LogP contribution is -2.58. The van der Waals surface area contributed by atoms with Gasteiger partial charge in [0.15, 0.2) is 0 Å². The number of nitrogens with zero attached hydrogens (tertiary/aromatic N) is 4. The molecule has 2 fully saturated rings. The van der Waals surface area contributed by atoms with Crippen LogP contribution in [0.3, 0.4) is 0 Å². The van der Waals surface area contributed by atoms with Crippen LogP contribution in [0.4, 0.5) is 0 Å². The highest BCUT2D eigenvalue weighted by Crippen LogP contribution is 2.39. The van der Waals surface area contributed by atoms with Gasteiger partial charge in [0, 0.05) is 31.0 Å². The number of aromatic nitrogens is 2. The minimum Gasteiger partial charge on any atom is -0.372 e. The molecule has 0 unspecified atom stereocenters. The summed E-state index contributed by atoms with van der Waals surface area (Å²) in [5.74, 6) is 0. The topological polar surface area (TPSA) is 54.1 Å². The molecule has 0 bridgehead atoms. The molecule has 2 atom stereocenters. The Morgan fingerprint density at radius 2 is 2.17 bits per heavy atom. The van der Waals surface area contributed by atoms with Crippen LogP contribution in [0.1, 0.15) is 63.3 Å². The summed E-state index contributed by atoms with van der Waals surface area (Å²) in [7, 11) is 0. The molecule has 2 aliphatic heterocycles. The number of ether oxygens (including phenoxy) is 1. The van der Waals surface area contributed by atoms with Crippen molar-refractivity contribution in [1.29, 1.82) is 5.26 Å². The van der Waals surface area contributed by atoms with Crippen LogP contribution in [0.15, 0.2) is 6.20 Å². The van der Waals surface area contributed by atoms with E-state index >= 15 is 0 Å². The fourth-order valence-corrected chi connectivity index (χ4v) is 3.99. The molecule has 0 N–H and O–H groups in total. The highest BCUT2D eigenvalue weighted by molar-refractivity contribution is 5.18. The molecule has 0 amide bonds. The Morgan fingerprint density at radius 1 is 1.39 bits per heavy atom. The van der Waals surface area contributed by atoms with Crippen molar-refractivity contribution in [2.75, 3.05) is 13.2 Å². The van der Waals surface area contributed by atoms with Crippen molar-refractivity contribution >= 4 is 0 Å². The number of hydrogen-bond acceptors (Lipinski definition) is 4. The summed E-state index contributed by atoms with van der Waals surface area (Å²) in [6, 6.07) is 2.78. The summed E-state index contributed by atoms with van der Waals surface area (Å²) in [6.07, 6.45) is 7.58. The Bertz CT molecular complexity index is 575. The van der Waals surface area contributed by atoms with Gasteiger partial charge in [-0.25, -0.2) is 0 Å². The number of likely N-dealkylation sites (tertiary alicyclic amines) is 1. The Labute approximate surface area is 139 Å². The van der Waals surface area contributed by atoms with Crippen molar-refractivity contribution in [2.45, 2.75) is 77.1 Å². The molecule has 3 heterocycles. The normalized spacial score (nSPS) is 29.1. The number of aryl methyl sites for hydroxylation is 1. The van der Waals surface area contributed by atoms with Crippen LogP contribution in [0, 0.1) is 18.3 Å². The standard InChI is InChI=1S/C18H28N4O/c1-14(2)22-13-16(15(3)20-22)12-21-9-6-8-18(17(21)11-19)7-4-5-10-23-18/h13-14,17H,4-10,12H2,1-3H3/t17-,18+/m1/s1. The van der Waals surface area contributed by atoms with Crippen molar-refractivity contribution in [3.05, 3.63) is 17.5 Å². The van der Waals surface area contributed by atoms with E-state index in [1.54, 1.807) is 0 Å². The second kappa shape index (κ2) is 6.62. The van der Waals surface area contributed by atoms with Crippen LogP contribution < -0.4 is 0 Å². The summed E-state index contributed by atoms with van der Waals surface area (Å²) in [6.45, 7) is 8.90. The minimum atomic E-state index is -0.243. The minimum absolute atomic E-state index is 0.140. The third-order valence-electron chi connectivity index (χ3n) is 5.34. The van der Waals surface area contributed by atoms with Gasteiger partial charge in [0.25, 0.3) is 0 Å². The van der Waals surface area contributed by atoms with Gasteiger partial charge in [-0.1, -0.05) is 0 Å². The Kier molecular flexibility index (Phi) is 4.74. The highest BCUT2D eigenvalue weighted by Gasteiger charge is 2.46. The monoisotopic (exact) mass is 316 g/mol. The van der Waals surface area contributed by atoms with Crippen LogP contribution in [0.25, 0.3) is 0 Å². The molecule has 23 heavy (non-hydrogen) atoms. The van der Waals surface area contributed by atoms with E-state index in [0.717, 1.165) is 51.1 Å². The van der Waals surface area contributed by atoms with E-state index in [4.69, 9.17) is 4.74 Å². The second-order valence-corrected chi connectivity index (χ2v) is 7.29. The highest BCUT2D eigenvalue weighted by atomic mass is 16.5. The third-order valence-corrected chi connectivity index (χ3v) is 5.34. The molecular formula is C18H28N4O. The van der Waals surface area contributed by atoms with Gasteiger partial charge in [0.2, 0.25) is 0 Å². The number of rotatable bonds is 3. The van der Waals surface area contributed by atoms with Crippen LogP contribution >= 0.6 is 0 Å². The first-order valence-corrected chi connectivity index (χ1v) is 8.88. The van der Waals surface area contributed by atoms with Crippen LogP contribution in [0.5, 0.6) is 0 Å². The van der Waals surface area contributed by atoms with Gasteiger partial charge >= 0.3 is 0 Å². The van der Waals surface area contributed by atoms with E-state index in [2.05, 4.69) is 43.0 Å². The Morgan fingerprint density at radius 3 is 2.78 bits per heavy atom. The zero-order valence-electron chi connectivity index (χ0n) is 14.6. The lowest BCUT2D eigenvalue weighted by atomic mass is 9.79. The fourth-order valence-electron chi connectivity index (χ4n) is 3.99. The van der Waals surface area contributed by atoms with Crippen molar-refractivity contribution in [3.8, 4) is 6.07 Å². The average Bonchev–Trinajstić information content (AvgIpc) is 2.90. The maximum absolute atomic E-state index is 9.83. The van der Waals surface area contributed by atoms with E-state index in [0.29, 0.717) is 6.04 Å². The van der Waals surface area contributed by atoms with Gasteiger partial charge in [0.05, 0.1) is 17.4 Å². The Hall–Kier alpha value is -1.38. The molecule has 2 saturated heterocycles. The van der Waals surface area contributed by atoms with Crippen molar-refractivity contribution < 1.29 is 4.74 Å². The molecule has 0 aliphatic carbocycles. The summed E-state index contributed by atoms with van der Waals surface area (Å²) >= 11 is 0. The van der Waals surface area contributed by atoms with E-state index in [1.807, 2.05) is 4.68 Å². The second-order valence-electron chi connectivity index (χ2n) is 7.29. The maximum Gasteiger partial charge on any atom is 0.127 e. The summed E-state index contributed by atoms with van der Waals surface area (Å²) in [5, 5.41) is 14.4. The molecule has 0 radical (unpaired) electrons. The van der Waals surface area contributed by atoms with Gasteiger partial charge in [-0.3, -0.25) is 9.58 Å². The smallest absolute Gasteiger partial charge is 0.127 e. The number of nitriles is 1. The molecule has 0 aromatic carbocycles. The lowest BCUT2D eigenvalue weighted by molar-refractivity contribution is -0.138. The van der Waals surface area contributed by atoms with Gasteiger partial charge in [-0.2, -0.15) is 10.4 Å². The molecule has 1 spiro atoms. The van der Waals surface area contributed by atoms with Crippen LogP contribution in [-0.2, 0) is 11.3 Å². The molecule has 1 aromatic heterocycles. The van der Waals surface area contributed by atoms with Gasteiger partial charge < -0.3 is 4.74 Å². The van der Waals surface area contributed by atoms with Gasteiger partial charge in [-0.15, -0.1) is 0 Å². The van der Waals surface area contributed by atoms with E-state index < -0.39 is 0 Å². The van der Waals surface area contributed by atoms with E-state index in [1.165, 1.54) is 12.0 Å². The fraction of sp³-hybridized carbons (Fsp3) is 0.778. The van der Waals surface area contributed by atoms with Crippen LogP contribution in [0.2, 0.25) is 0 Å². The largest absolute Gasteiger partial charge is 0.372 e. The predicted molar refractivity (Wildman–Crippen MR) is 88.9 cm³/mol. The first-order valence-electron chi connectivity index (χ1n) is 8.88. The maximum atomic E-state index is 9.83. The summed E-state index contributed by atoms with van der Waals surface area (Å²) < 4.78 is 8.18. The molecular weight excluding hydrogens is 288 g/mol. The molecule has 5 nitrogen and oxygen atoms in total.